The van der Waals surface area contributed by atoms with E-state index in [1.54, 1.807) is 6.07 Å². The van der Waals surface area contributed by atoms with Crippen molar-refractivity contribution in [3.63, 3.8) is 0 Å². The fourth-order valence-electron chi connectivity index (χ4n) is 2.17. The van der Waals surface area contributed by atoms with Crippen molar-refractivity contribution in [2.75, 3.05) is 0 Å². The predicted octanol–water partition coefficient (Wildman–Crippen LogP) is 3.72. The molecule has 0 aliphatic heterocycles. The van der Waals surface area contributed by atoms with Crippen molar-refractivity contribution < 1.29 is 5.11 Å². The van der Waals surface area contributed by atoms with E-state index < -0.39 is 0 Å². The van der Waals surface area contributed by atoms with Crippen molar-refractivity contribution in [1.82, 2.24) is 4.98 Å². The molecule has 0 saturated carbocycles. The summed E-state index contributed by atoms with van der Waals surface area (Å²) < 4.78 is 0. The number of phenols is 1. The Morgan fingerprint density at radius 1 is 1.11 bits per heavy atom. The lowest BCUT2D eigenvalue weighted by Gasteiger charge is -2.09. The van der Waals surface area contributed by atoms with Crippen LogP contribution in [0.3, 0.4) is 0 Å². The summed E-state index contributed by atoms with van der Waals surface area (Å²) in [6.45, 7) is 1.93. The molecule has 0 fully saturated rings. The van der Waals surface area contributed by atoms with Gasteiger partial charge in [-0.25, -0.2) is 4.98 Å². The summed E-state index contributed by atoms with van der Waals surface area (Å²) in [7, 11) is 0. The van der Waals surface area contributed by atoms with Crippen molar-refractivity contribution in [1.29, 1.82) is 0 Å². The normalized spacial score (nSPS) is 10.7. The van der Waals surface area contributed by atoms with E-state index in [1.165, 1.54) is 0 Å². The zero-order valence-corrected chi connectivity index (χ0v) is 10.0. The Labute approximate surface area is 106 Å². The highest BCUT2D eigenvalue weighted by Gasteiger charge is 2.08. The van der Waals surface area contributed by atoms with Gasteiger partial charge in [0.15, 0.2) is 0 Å². The van der Waals surface area contributed by atoms with Crippen molar-refractivity contribution in [3.8, 4) is 16.9 Å². The van der Waals surface area contributed by atoms with Crippen LogP contribution in [0.25, 0.3) is 22.0 Å². The quantitative estimate of drug-likeness (QED) is 0.696. The van der Waals surface area contributed by atoms with Gasteiger partial charge < -0.3 is 5.11 Å². The zero-order valence-electron chi connectivity index (χ0n) is 10.0. The lowest BCUT2D eigenvalue weighted by molar-refractivity contribution is 0.480. The van der Waals surface area contributed by atoms with E-state index >= 15 is 0 Å². The van der Waals surface area contributed by atoms with Crippen LogP contribution in [0.1, 0.15) is 5.69 Å². The second kappa shape index (κ2) is 4.15. The number of nitrogens with zero attached hydrogens (tertiary/aromatic N) is 1. The molecule has 1 N–H and O–H groups in total. The summed E-state index contributed by atoms with van der Waals surface area (Å²) in [6.07, 6.45) is 0. The van der Waals surface area contributed by atoms with Gasteiger partial charge >= 0.3 is 0 Å². The summed E-state index contributed by atoms with van der Waals surface area (Å²) >= 11 is 0. The zero-order chi connectivity index (χ0) is 12.5. The van der Waals surface area contributed by atoms with Crippen LogP contribution in [-0.4, -0.2) is 10.1 Å². The third kappa shape index (κ3) is 1.72. The first-order valence-corrected chi connectivity index (χ1v) is 5.81. The number of hydrogen-bond acceptors (Lipinski definition) is 2. The van der Waals surface area contributed by atoms with E-state index in [-0.39, 0.29) is 5.75 Å². The highest BCUT2D eigenvalue weighted by atomic mass is 16.3. The molecule has 0 saturated heterocycles. The van der Waals surface area contributed by atoms with Crippen LogP contribution in [0, 0.1) is 13.0 Å². The van der Waals surface area contributed by atoms with E-state index in [4.69, 9.17) is 0 Å². The van der Waals surface area contributed by atoms with Gasteiger partial charge in [-0.2, -0.15) is 0 Å². The monoisotopic (exact) mass is 234 g/mol. The molecule has 3 rings (SSSR count). The summed E-state index contributed by atoms with van der Waals surface area (Å²) in [5.41, 5.74) is 3.74. The summed E-state index contributed by atoms with van der Waals surface area (Å²) in [6, 6.07) is 18.3. The van der Waals surface area contributed by atoms with Gasteiger partial charge in [-0.05, 0) is 36.2 Å². The highest BCUT2D eigenvalue weighted by molar-refractivity contribution is 5.97. The van der Waals surface area contributed by atoms with Gasteiger partial charge in [0, 0.05) is 11.1 Å². The Hall–Kier alpha value is -2.35. The predicted molar refractivity (Wildman–Crippen MR) is 72.4 cm³/mol. The molecule has 2 aromatic carbocycles. The summed E-state index contributed by atoms with van der Waals surface area (Å²) in [5.74, 6) is 0.222. The Kier molecular flexibility index (Phi) is 2.49. The summed E-state index contributed by atoms with van der Waals surface area (Å²) in [4.78, 5) is 4.40. The minimum Gasteiger partial charge on any atom is -0.506 e. The van der Waals surface area contributed by atoms with Gasteiger partial charge in [-0.1, -0.05) is 36.4 Å². The van der Waals surface area contributed by atoms with E-state index in [0.717, 1.165) is 22.2 Å². The van der Waals surface area contributed by atoms with E-state index in [0.29, 0.717) is 5.52 Å². The molecule has 0 aliphatic rings. The van der Waals surface area contributed by atoms with Crippen LogP contribution in [0.4, 0.5) is 0 Å². The highest BCUT2D eigenvalue weighted by Crippen LogP contribution is 2.32. The molecular formula is C16H12NO. The fourth-order valence-corrected chi connectivity index (χ4v) is 2.17. The maximum Gasteiger partial charge on any atom is 0.141 e. The van der Waals surface area contributed by atoms with Gasteiger partial charge in [-0.3, -0.25) is 0 Å². The molecule has 2 nitrogen and oxygen atoms in total. The molecule has 2 heteroatoms. The smallest absolute Gasteiger partial charge is 0.141 e. The summed E-state index contributed by atoms with van der Waals surface area (Å²) in [5, 5.41) is 10.9. The van der Waals surface area contributed by atoms with Gasteiger partial charge in [0.05, 0.1) is 0 Å². The van der Waals surface area contributed by atoms with Gasteiger partial charge in [0.2, 0.25) is 0 Å². The maximum absolute atomic E-state index is 9.90. The molecule has 0 unspecified atom stereocenters. The molecule has 87 valence electrons. The minimum absolute atomic E-state index is 0.222. The number of aromatic hydroxyl groups is 1. The van der Waals surface area contributed by atoms with Crippen molar-refractivity contribution in [2.24, 2.45) is 0 Å². The molecule has 1 heterocycles. The van der Waals surface area contributed by atoms with Crippen molar-refractivity contribution in [3.05, 3.63) is 60.3 Å². The lowest BCUT2D eigenvalue weighted by Crippen LogP contribution is -1.88. The van der Waals surface area contributed by atoms with Crippen LogP contribution >= 0.6 is 0 Å². The Balaban J connectivity index is 2.39. The topological polar surface area (TPSA) is 33.1 Å². The second-order valence-corrected chi connectivity index (χ2v) is 4.27. The SMILES string of the molecule is Cc1cc(-c2cc[c]cc2)c2cccc(O)c2n1. The van der Waals surface area contributed by atoms with E-state index in [9.17, 15) is 5.11 Å². The van der Waals surface area contributed by atoms with Crippen LogP contribution in [0.2, 0.25) is 0 Å². The molecule has 0 bridgehead atoms. The molecule has 0 spiro atoms. The number of aromatic nitrogens is 1. The Morgan fingerprint density at radius 3 is 2.67 bits per heavy atom. The average Bonchev–Trinajstić information content (AvgIpc) is 2.40. The van der Waals surface area contributed by atoms with Crippen LogP contribution in [0.5, 0.6) is 5.75 Å². The molecule has 0 aliphatic carbocycles. The largest absolute Gasteiger partial charge is 0.506 e. The molecule has 1 radical (unpaired) electrons. The molecule has 1 aromatic heterocycles. The molecule has 18 heavy (non-hydrogen) atoms. The Bertz CT molecular complexity index is 705. The van der Waals surface area contributed by atoms with Crippen molar-refractivity contribution in [2.45, 2.75) is 6.92 Å². The minimum atomic E-state index is 0.222. The molecular weight excluding hydrogens is 222 g/mol. The fraction of sp³-hybridized carbons (Fsp3) is 0.0625. The third-order valence-corrected chi connectivity index (χ3v) is 2.98. The first-order chi connectivity index (χ1) is 8.75. The van der Waals surface area contributed by atoms with Crippen molar-refractivity contribution >= 4 is 10.9 Å². The number of rotatable bonds is 1. The number of pyridine rings is 1. The van der Waals surface area contributed by atoms with E-state index in [2.05, 4.69) is 11.1 Å². The van der Waals surface area contributed by atoms with Gasteiger partial charge in [-0.15, -0.1) is 0 Å². The number of fused-ring (bicyclic) bond motifs is 1. The molecule has 3 aromatic rings. The lowest BCUT2D eigenvalue weighted by atomic mass is 10.00. The second-order valence-electron chi connectivity index (χ2n) is 4.27. The standard InChI is InChI=1S/C16H12NO/c1-11-10-14(12-6-3-2-4-7-12)13-8-5-9-15(18)16(13)17-11/h3-10,18H,1H3. The van der Waals surface area contributed by atoms with Crippen LogP contribution in [0.15, 0.2) is 48.5 Å². The van der Waals surface area contributed by atoms with Crippen LogP contribution < -0.4 is 0 Å². The Morgan fingerprint density at radius 2 is 1.89 bits per heavy atom. The van der Waals surface area contributed by atoms with Gasteiger partial charge in [0.1, 0.15) is 11.3 Å². The van der Waals surface area contributed by atoms with Crippen LogP contribution in [-0.2, 0) is 0 Å². The first-order valence-electron chi connectivity index (χ1n) is 5.81. The third-order valence-electron chi connectivity index (χ3n) is 2.98. The number of aryl methyl sites for hydroxylation is 1. The maximum atomic E-state index is 9.90. The average molecular weight is 234 g/mol. The van der Waals surface area contributed by atoms with E-state index in [1.807, 2.05) is 49.4 Å². The molecule has 0 amide bonds. The number of phenolic OH excluding ortho intramolecular Hbond substituents is 1. The first kappa shape index (κ1) is 10.8. The molecule has 0 atom stereocenters. The number of benzene rings is 2. The van der Waals surface area contributed by atoms with Gasteiger partial charge in [0.25, 0.3) is 0 Å². The number of para-hydroxylation sites is 1. The number of hydrogen-bond donors (Lipinski definition) is 1.